The Morgan fingerprint density at radius 2 is 1.76 bits per heavy atom. The van der Waals surface area contributed by atoms with Gasteiger partial charge in [-0.3, -0.25) is 4.79 Å². The van der Waals surface area contributed by atoms with Gasteiger partial charge in [-0.05, 0) is 55.1 Å². The zero-order valence-corrected chi connectivity index (χ0v) is 22.9. The van der Waals surface area contributed by atoms with Gasteiger partial charge in [0.1, 0.15) is 5.54 Å². The summed E-state index contributed by atoms with van der Waals surface area (Å²) in [5, 5.41) is 8.40. The minimum Gasteiger partial charge on any atom is -0.464 e. The van der Waals surface area contributed by atoms with Crippen molar-refractivity contribution in [1.82, 2.24) is 10.6 Å². The number of rotatable bonds is 9. The van der Waals surface area contributed by atoms with Crippen LogP contribution in [-0.4, -0.2) is 36.3 Å². The van der Waals surface area contributed by atoms with E-state index in [4.69, 9.17) is 27.9 Å². The Balaban J connectivity index is 3.26. The predicted octanol–water partition coefficient (Wildman–Crippen LogP) is 6.14. The molecule has 3 N–H and O–H groups in total. The highest BCUT2D eigenvalue weighted by molar-refractivity contribution is 8.02. The number of anilines is 1. The largest absolute Gasteiger partial charge is 0.464 e. The van der Waals surface area contributed by atoms with Crippen molar-refractivity contribution in [2.24, 2.45) is 5.41 Å². The molecule has 0 bridgehead atoms. The van der Waals surface area contributed by atoms with E-state index in [0.717, 1.165) is 4.91 Å². The fourth-order valence-corrected chi connectivity index (χ4v) is 3.90. The summed E-state index contributed by atoms with van der Waals surface area (Å²) < 4.78 is 5.12. The maximum absolute atomic E-state index is 13.2. The predicted molar refractivity (Wildman–Crippen MR) is 141 cm³/mol. The van der Waals surface area contributed by atoms with Crippen molar-refractivity contribution in [3.63, 3.8) is 0 Å². The van der Waals surface area contributed by atoms with Crippen LogP contribution in [0.2, 0.25) is 10.0 Å². The molecule has 34 heavy (non-hydrogen) atoms. The summed E-state index contributed by atoms with van der Waals surface area (Å²) >= 11 is 13.6. The number of thioether (sulfide) groups is 1. The molecule has 1 unspecified atom stereocenters. The van der Waals surface area contributed by atoms with Crippen LogP contribution in [0.15, 0.2) is 41.0 Å². The average Bonchev–Trinajstić information content (AvgIpc) is 2.76. The van der Waals surface area contributed by atoms with E-state index in [1.54, 1.807) is 45.0 Å². The third-order valence-electron chi connectivity index (χ3n) is 4.89. The van der Waals surface area contributed by atoms with E-state index in [1.807, 2.05) is 27.0 Å². The van der Waals surface area contributed by atoms with Crippen LogP contribution in [0, 0.1) is 5.41 Å². The molecular formula is C24H33Cl2N3O4S. The monoisotopic (exact) mass is 529 g/mol. The second-order valence-corrected chi connectivity index (χ2v) is 10.3. The first-order valence-electron chi connectivity index (χ1n) is 10.8. The van der Waals surface area contributed by atoms with Gasteiger partial charge in [-0.15, -0.1) is 11.8 Å². The first-order chi connectivity index (χ1) is 15.8. The number of allylic oxidation sites excluding steroid dienone is 1. The summed E-state index contributed by atoms with van der Waals surface area (Å²) in [6, 6.07) is 4.23. The number of carbonyl (C=O) groups excluding carboxylic acids is 3. The van der Waals surface area contributed by atoms with Crippen molar-refractivity contribution in [3.8, 4) is 0 Å². The fourth-order valence-electron chi connectivity index (χ4n) is 2.69. The lowest BCUT2D eigenvalue weighted by atomic mass is 9.94. The molecule has 7 nitrogen and oxygen atoms in total. The lowest BCUT2D eigenvalue weighted by Crippen LogP contribution is -2.53. The summed E-state index contributed by atoms with van der Waals surface area (Å²) in [4.78, 5) is 39.1. The highest BCUT2D eigenvalue weighted by atomic mass is 35.5. The van der Waals surface area contributed by atoms with Crippen molar-refractivity contribution in [1.29, 1.82) is 0 Å². The number of benzene rings is 1. The Morgan fingerprint density at radius 3 is 2.29 bits per heavy atom. The third kappa shape index (κ3) is 8.56. The lowest BCUT2D eigenvalue weighted by Gasteiger charge is -2.28. The molecule has 1 aromatic rings. The molecule has 1 aromatic carbocycles. The molecular weight excluding hydrogens is 497 g/mol. The molecule has 0 saturated carbocycles. The molecule has 0 heterocycles. The SMILES string of the molecule is CCOC(=O)C(C)(CC)NC(=O)C(=C\NC(=O)Nc1cccc(Cl)c1Cl)/C=C(\SC)C(C)(C)C. The number of hydrogen-bond donors (Lipinski definition) is 3. The van der Waals surface area contributed by atoms with Crippen molar-refractivity contribution in [2.75, 3.05) is 18.2 Å². The number of carbonyl (C=O) groups is 3. The van der Waals surface area contributed by atoms with E-state index in [9.17, 15) is 14.4 Å². The number of urea groups is 1. The molecule has 188 valence electrons. The normalized spacial score (nSPS) is 14.1. The maximum Gasteiger partial charge on any atom is 0.331 e. The van der Waals surface area contributed by atoms with Crippen LogP contribution < -0.4 is 16.0 Å². The molecule has 0 aliphatic heterocycles. The summed E-state index contributed by atoms with van der Waals surface area (Å²) in [5.41, 5.74) is -0.986. The van der Waals surface area contributed by atoms with Crippen LogP contribution in [0.4, 0.5) is 10.5 Å². The van der Waals surface area contributed by atoms with Crippen molar-refractivity contribution < 1.29 is 19.1 Å². The van der Waals surface area contributed by atoms with Crippen molar-refractivity contribution >= 4 is 58.6 Å². The van der Waals surface area contributed by atoms with Gasteiger partial charge in [-0.25, -0.2) is 9.59 Å². The lowest BCUT2D eigenvalue weighted by molar-refractivity contribution is -0.152. The molecule has 1 atom stereocenters. The van der Waals surface area contributed by atoms with Gasteiger partial charge in [0, 0.05) is 6.20 Å². The van der Waals surface area contributed by atoms with Crippen molar-refractivity contribution in [3.05, 3.63) is 51.0 Å². The summed E-state index contributed by atoms with van der Waals surface area (Å²) in [6.07, 6.45) is 5.20. The van der Waals surface area contributed by atoms with Gasteiger partial charge in [0.05, 0.1) is 27.9 Å². The number of hydrogen-bond acceptors (Lipinski definition) is 5. The summed E-state index contributed by atoms with van der Waals surface area (Å²) in [5.74, 6) is -1.06. The zero-order chi connectivity index (χ0) is 26.1. The van der Waals surface area contributed by atoms with E-state index in [-0.39, 0.29) is 22.6 Å². The van der Waals surface area contributed by atoms with E-state index in [0.29, 0.717) is 17.1 Å². The summed E-state index contributed by atoms with van der Waals surface area (Å²) in [6.45, 7) is 11.3. The number of halogens is 2. The number of amides is 3. The molecule has 0 saturated heterocycles. The minimum atomic E-state index is -1.22. The number of esters is 1. The van der Waals surface area contributed by atoms with Gasteiger partial charge in [-0.1, -0.05) is 57.0 Å². The van der Waals surface area contributed by atoms with Gasteiger partial charge in [0.2, 0.25) is 0 Å². The van der Waals surface area contributed by atoms with Crippen LogP contribution in [0.5, 0.6) is 0 Å². The van der Waals surface area contributed by atoms with E-state index in [1.165, 1.54) is 18.0 Å². The Bertz CT molecular complexity index is 973. The zero-order valence-electron chi connectivity index (χ0n) is 20.6. The molecule has 0 aromatic heterocycles. The van der Waals surface area contributed by atoms with Crippen molar-refractivity contribution in [2.45, 2.75) is 53.5 Å². The Morgan fingerprint density at radius 1 is 1.12 bits per heavy atom. The van der Waals surface area contributed by atoms with Gasteiger partial charge < -0.3 is 20.7 Å². The first kappa shape index (κ1) is 29.9. The van der Waals surface area contributed by atoms with Crippen LogP contribution in [-0.2, 0) is 14.3 Å². The van der Waals surface area contributed by atoms with Crippen LogP contribution in [0.1, 0.15) is 48.0 Å². The standard InChI is InChI=1S/C24H33Cl2N3O4S/c1-8-24(6,21(31)33-9-2)29-20(30)15(13-18(34-7)23(3,4)5)14-27-22(32)28-17-12-10-11-16(25)19(17)26/h10-14H,8-9H2,1-7H3,(H,29,30)(H2,27,28,32)/b15-14-,18-13-. The van der Waals surface area contributed by atoms with Gasteiger partial charge >= 0.3 is 12.0 Å². The second kappa shape index (κ2) is 13.1. The first-order valence-corrected chi connectivity index (χ1v) is 12.7. The fraction of sp³-hybridized carbons (Fsp3) is 0.458. The highest BCUT2D eigenvalue weighted by Gasteiger charge is 2.35. The van der Waals surface area contributed by atoms with Crippen LogP contribution in [0.3, 0.4) is 0 Å². The van der Waals surface area contributed by atoms with E-state index < -0.39 is 23.4 Å². The van der Waals surface area contributed by atoms with Crippen LogP contribution in [0.25, 0.3) is 0 Å². The topological polar surface area (TPSA) is 96.5 Å². The number of nitrogens with one attached hydrogen (secondary N) is 3. The maximum atomic E-state index is 13.2. The van der Waals surface area contributed by atoms with Gasteiger partial charge in [-0.2, -0.15) is 0 Å². The van der Waals surface area contributed by atoms with Gasteiger partial charge in [0.15, 0.2) is 0 Å². The van der Waals surface area contributed by atoms with Gasteiger partial charge in [0.25, 0.3) is 5.91 Å². The van der Waals surface area contributed by atoms with Crippen LogP contribution >= 0.6 is 35.0 Å². The Labute approximate surface area is 216 Å². The molecule has 3 amide bonds. The quantitative estimate of drug-likeness (QED) is 0.203. The molecule has 0 spiro atoms. The molecule has 10 heteroatoms. The molecule has 0 aliphatic carbocycles. The summed E-state index contributed by atoms with van der Waals surface area (Å²) in [7, 11) is 0. The molecule has 1 rings (SSSR count). The Hall–Kier alpha value is -2.16. The number of ether oxygens (including phenoxy) is 1. The van der Waals surface area contributed by atoms with E-state index >= 15 is 0 Å². The third-order valence-corrected chi connectivity index (χ3v) is 6.88. The molecule has 0 aliphatic rings. The second-order valence-electron chi connectivity index (χ2n) is 8.62. The molecule has 0 radical (unpaired) electrons. The van der Waals surface area contributed by atoms with E-state index in [2.05, 4.69) is 16.0 Å². The smallest absolute Gasteiger partial charge is 0.331 e. The molecule has 0 fully saturated rings. The minimum absolute atomic E-state index is 0.163. The average molecular weight is 531 g/mol. The highest BCUT2D eigenvalue weighted by Crippen LogP contribution is 2.34. The Kier molecular flexibility index (Phi) is 11.5.